The van der Waals surface area contributed by atoms with Gasteiger partial charge < -0.3 is 14.4 Å². The average Bonchev–Trinajstić information content (AvgIpc) is 3.42. The zero-order valence-electron chi connectivity index (χ0n) is 15.5. The van der Waals surface area contributed by atoms with Gasteiger partial charge in [-0.2, -0.15) is 0 Å². The summed E-state index contributed by atoms with van der Waals surface area (Å²) in [6.07, 6.45) is 1.50. The Bertz CT molecular complexity index is 1060. The van der Waals surface area contributed by atoms with Crippen LogP contribution >= 0.6 is 11.3 Å². The fourth-order valence-corrected chi connectivity index (χ4v) is 4.16. The van der Waals surface area contributed by atoms with Crippen LogP contribution in [0.25, 0.3) is 0 Å². The van der Waals surface area contributed by atoms with Crippen LogP contribution in [0.3, 0.4) is 0 Å². The number of carbonyl (C=O) groups is 2. The van der Waals surface area contributed by atoms with Gasteiger partial charge in [0.25, 0.3) is 5.91 Å². The van der Waals surface area contributed by atoms with Crippen molar-refractivity contribution in [2.24, 2.45) is 0 Å². The second-order valence-electron chi connectivity index (χ2n) is 6.85. The molecule has 0 saturated carbocycles. The molecule has 0 radical (unpaired) electrons. The van der Waals surface area contributed by atoms with E-state index < -0.39 is 17.7 Å². The monoisotopic (exact) mass is 393 g/mol. The summed E-state index contributed by atoms with van der Waals surface area (Å²) in [6.45, 7) is 4.23. The highest BCUT2D eigenvalue weighted by molar-refractivity contribution is 7.12. The molecule has 3 aromatic rings. The number of aliphatic hydroxyl groups is 1. The van der Waals surface area contributed by atoms with E-state index in [9.17, 15) is 14.7 Å². The van der Waals surface area contributed by atoms with Gasteiger partial charge in [-0.05, 0) is 48.6 Å². The van der Waals surface area contributed by atoms with Crippen LogP contribution in [-0.2, 0) is 11.3 Å². The molecule has 1 N–H and O–H groups in total. The third-order valence-electron chi connectivity index (χ3n) is 4.95. The normalized spacial score (nSPS) is 16.9. The predicted octanol–water partition coefficient (Wildman–Crippen LogP) is 4.74. The van der Waals surface area contributed by atoms with Crippen molar-refractivity contribution in [3.05, 3.63) is 92.8 Å². The van der Waals surface area contributed by atoms with Gasteiger partial charge in [-0.15, -0.1) is 11.3 Å². The van der Waals surface area contributed by atoms with E-state index >= 15 is 0 Å². The smallest absolute Gasteiger partial charge is 0.290 e. The van der Waals surface area contributed by atoms with Crippen molar-refractivity contribution in [3.63, 3.8) is 0 Å². The lowest BCUT2D eigenvalue weighted by Crippen LogP contribution is -2.30. The minimum Gasteiger partial charge on any atom is -0.503 e. The highest BCUT2D eigenvalue weighted by Gasteiger charge is 2.45. The van der Waals surface area contributed by atoms with Crippen LogP contribution in [-0.4, -0.2) is 21.7 Å². The van der Waals surface area contributed by atoms with E-state index in [1.54, 1.807) is 29.6 Å². The molecule has 0 aliphatic carbocycles. The van der Waals surface area contributed by atoms with E-state index in [2.05, 4.69) is 0 Å². The number of furan rings is 1. The fraction of sp³-hybridized carbons (Fsp3) is 0.182. The van der Waals surface area contributed by atoms with Crippen molar-refractivity contribution < 1.29 is 19.1 Å². The minimum atomic E-state index is -0.767. The summed E-state index contributed by atoms with van der Waals surface area (Å²) in [5.41, 5.74) is 3.14. The summed E-state index contributed by atoms with van der Waals surface area (Å²) in [5, 5.41) is 12.4. The van der Waals surface area contributed by atoms with Gasteiger partial charge >= 0.3 is 0 Å². The number of hydrogen-bond acceptors (Lipinski definition) is 5. The van der Waals surface area contributed by atoms with Gasteiger partial charge in [-0.1, -0.05) is 29.8 Å². The van der Waals surface area contributed by atoms with Crippen LogP contribution in [0.4, 0.5) is 0 Å². The minimum absolute atomic E-state index is 0.0627. The van der Waals surface area contributed by atoms with Crippen LogP contribution < -0.4 is 0 Å². The Morgan fingerprint density at radius 2 is 2.04 bits per heavy atom. The Hall–Kier alpha value is -3.12. The zero-order chi connectivity index (χ0) is 19.8. The van der Waals surface area contributed by atoms with Crippen molar-refractivity contribution >= 4 is 23.0 Å². The topological polar surface area (TPSA) is 70.8 Å². The number of ketones is 1. The molecule has 0 saturated heterocycles. The average molecular weight is 393 g/mol. The third kappa shape index (κ3) is 3.05. The summed E-state index contributed by atoms with van der Waals surface area (Å²) < 4.78 is 5.55. The Balaban J connectivity index is 1.78. The van der Waals surface area contributed by atoms with Gasteiger partial charge in [0.15, 0.2) is 5.76 Å². The number of amides is 1. The quantitative estimate of drug-likeness (QED) is 0.636. The summed E-state index contributed by atoms with van der Waals surface area (Å²) in [6, 6.07) is 12.1. The molecule has 5 nitrogen and oxygen atoms in total. The first-order valence-electron chi connectivity index (χ1n) is 8.89. The highest BCUT2D eigenvalue weighted by Crippen LogP contribution is 2.40. The summed E-state index contributed by atoms with van der Waals surface area (Å²) in [4.78, 5) is 28.0. The molecule has 0 fully saturated rings. The molecule has 1 aromatic carbocycles. The predicted molar refractivity (Wildman–Crippen MR) is 106 cm³/mol. The first-order chi connectivity index (χ1) is 13.5. The molecule has 1 atom stereocenters. The molecule has 1 unspecified atom stereocenters. The standard InChI is InChI=1S/C22H19NO4S/c1-13-7-8-14(2)15(11-13)12-23-19(16-5-3-9-27-16)18(21(25)22(23)26)20(24)17-6-4-10-28-17/h3-11,19,25H,12H2,1-2H3. The second-order valence-corrected chi connectivity index (χ2v) is 7.80. The number of thiophene rings is 1. The van der Waals surface area contributed by atoms with Gasteiger partial charge in [-0.3, -0.25) is 9.59 Å². The Kier molecular flexibility index (Phi) is 4.65. The van der Waals surface area contributed by atoms with Crippen LogP contribution in [0.15, 0.2) is 69.9 Å². The zero-order valence-corrected chi connectivity index (χ0v) is 16.3. The van der Waals surface area contributed by atoms with Crippen molar-refractivity contribution in [1.29, 1.82) is 0 Å². The van der Waals surface area contributed by atoms with Gasteiger partial charge in [-0.25, -0.2) is 0 Å². The van der Waals surface area contributed by atoms with Crippen molar-refractivity contribution in [2.75, 3.05) is 0 Å². The Morgan fingerprint density at radius 3 is 2.71 bits per heavy atom. The van der Waals surface area contributed by atoms with Crippen LogP contribution in [0.1, 0.15) is 38.2 Å². The fourth-order valence-electron chi connectivity index (χ4n) is 3.49. The van der Waals surface area contributed by atoms with Crippen LogP contribution in [0.5, 0.6) is 0 Å². The maximum absolute atomic E-state index is 13.1. The van der Waals surface area contributed by atoms with Crippen LogP contribution in [0.2, 0.25) is 0 Å². The van der Waals surface area contributed by atoms with Gasteiger partial charge in [0.2, 0.25) is 5.78 Å². The molecule has 3 heterocycles. The van der Waals surface area contributed by atoms with Crippen LogP contribution in [0, 0.1) is 13.8 Å². The summed E-state index contributed by atoms with van der Waals surface area (Å²) in [5.74, 6) is -0.986. The first-order valence-corrected chi connectivity index (χ1v) is 9.77. The molecule has 28 heavy (non-hydrogen) atoms. The van der Waals surface area contributed by atoms with E-state index in [4.69, 9.17) is 4.42 Å². The molecule has 4 rings (SSSR count). The first kappa shape index (κ1) is 18.3. The number of rotatable bonds is 5. The Morgan fingerprint density at radius 1 is 1.21 bits per heavy atom. The molecule has 1 aliphatic heterocycles. The second kappa shape index (κ2) is 7.13. The number of benzene rings is 1. The van der Waals surface area contributed by atoms with Gasteiger partial charge in [0.05, 0.1) is 16.7 Å². The maximum Gasteiger partial charge on any atom is 0.290 e. The lowest BCUT2D eigenvalue weighted by molar-refractivity contribution is -0.130. The van der Waals surface area contributed by atoms with Crippen molar-refractivity contribution in [2.45, 2.75) is 26.4 Å². The number of aliphatic hydroxyl groups excluding tert-OH is 1. The highest BCUT2D eigenvalue weighted by atomic mass is 32.1. The number of aryl methyl sites for hydroxylation is 2. The molecule has 1 aliphatic rings. The van der Waals surface area contributed by atoms with E-state index in [0.717, 1.165) is 16.7 Å². The van der Waals surface area contributed by atoms with Crippen molar-refractivity contribution in [3.8, 4) is 0 Å². The number of nitrogens with zero attached hydrogens (tertiary/aromatic N) is 1. The van der Waals surface area contributed by atoms with E-state index in [0.29, 0.717) is 10.6 Å². The van der Waals surface area contributed by atoms with Gasteiger partial charge in [0.1, 0.15) is 11.8 Å². The molecule has 2 aromatic heterocycles. The van der Waals surface area contributed by atoms with E-state index in [1.165, 1.54) is 22.5 Å². The molecule has 0 bridgehead atoms. The summed E-state index contributed by atoms with van der Waals surface area (Å²) in [7, 11) is 0. The largest absolute Gasteiger partial charge is 0.503 e. The number of carbonyl (C=O) groups excluding carboxylic acids is 2. The maximum atomic E-state index is 13.1. The van der Waals surface area contributed by atoms with Gasteiger partial charge in [0, 0.05) is 6.54 Å². The molecular formula is C22H19NO4S. The lowest BCUT2D eigenvalue weighted by Gasteiger charge is -2.25. The van der Waals surface area contributed by atoms with E-state index in [1.807, 2.05) is 32.0 Å². The summed E-state index contributed by atoms with van der Waals surface area (Å²) >= 11 is 1.27. The Labute approximate surface area is 166 Å². The number of Topliss-reactive ketones (excluding diaryl/α,β-unsaturated/α-hetero) is 1. The molecular weight excluding hydrogens is 374 g/mol. The molecule has 0 spiro atoms. The lowest BCUT2D eigenvalue weighted by atomic mass is 9.99. The SMILES string of the molecule is Cc1ccc(C)c(CN2C(=O)C(O)=C(C(=O)c3cccs3)C2c2ccco2)c1. The van der Waals surface area contributed by atoms with Crippen molar-refractivity contribution in [1.82, 2.24) is 4.90 Å². The molecule has 142 valence electrons. The third-order valence-corrected chi connectivity index (χ3v) is 5.82. The van der Waals surface area contributed by atoms with E-state index in [-0.39, 0.29) is 17.9 Å². The molecule has 1 amide bonds. The number of hydrogen-bond donors (Lipinski definition) is 1. The molecule has 6 heteroatoms.